The fraction of sp³-hybridized carbons (Fsp3) is 0.300. The molecule has 0 saturated carbocycles. The molecule has 3 aromatic rings. The molecular formula is C20H22N3O2S+. The highest BCUT2D eigenvalue weighted by Crippen LogP contribution is 2.25. The minimum atomic E-state index is -0.0443. The summed E-state index contributed by atoms with van der Waals surface area (Å²) in [4.78, 5) is 15.2. The lowest BCUT2D eigenvalue weighted by atomic mass is 10.0. The molecule has 3 heterocycles. The van der Waals surface area contributed by atoms with Crippen molar-refractivity contribution in [1.82, 2.24) is 5.16 Å². The van der Waals surface area contributed by atoms with Gasteiger partial charge in [0.2, 0.25) is 5.88 Å². The monoisotopic (exact) mass is 368 g/mol. The molecule has 26 heavy (non-hydrogen) atoms. The molecule has 0 saturated heterocycles. The van der Waals surface area contributed by atoms with Crippen LogP contribution in [-0.2, 0) is 11.2 Å². The Morgan fingerprint density at radius 3 is 2.96 bits per heavy atom. The number of carbonyl (C=O) groups excluding carboxylic acids is 1. The van der Waals surface area contributed by atoms with E-state index in [9.17, 15) is 4.79 Å². The summed E-state index contributed by atoms with van der Waals surface area (Å²) in [5, 5.41) is 9.05. The Balaban J connectivity index is 1.39. The van der Waals surface area contributed by atoms with E-state index in [0.29, 0.717) is 18.5 Å². The van der Waals surface area contributed by atoms with Crippen molar-refractivity contribution in [3.8, 4) is 11.3 Å². The van der Waals surface area contributed by atoms with Crippen LogP contribution in [0.4, 0.5) is 5.88 Å². The lowest BCUT2D eigenvalue weighted by molar-refractivity contribution is -0.923. The van der Waals surface area contributed by atoms with Crippen molar-refractivity contribution in [2.75, 3.05) is 18.4 Å². The lowest BCUT2D eigenvalue weighted by Gasteiger charge is -2.29. The van der Waals surface area contributed by atoms with Crippen molar-refractivity contribution in [3.63, 3.8) is 0 Å². The fourth-order valence-corrected chi connectivity index (χ4v) is 4.45. The second-order valence-corrected chi connectivity index (χ2v) is 7.85. The number of nitrogens with one attached hydrogen (secondary N) is 2. The summed E-state index contributed by atoms with van der Waals surface area (Å²) in [5.41, 5.74) is 4.27. The molecule has 1 amide bonds. The van der Waals surface area contributed by atoms with Gasteiger partial charge in [-0.25, -0.2) is 0 Å². The molecule has 1 aromatic carbocycles. The molecule has 0 fully saturated rings. The zero-order valence-corrected chi connectivity index (χ0v) is 15.7. The summed E-state index contributed by atoms with van der Waals surface area (Å²) < 4.78 is 5.29. The van der Waals surface area contributed by atoms with E-state index < -0.39 is 0 Å². The minimum absolute atomic E-state index is 0.0443. The molecule has 134 valence electrons. The number of hydrogen-bond donors (Lipinski definition) is 2. The van der Waals surface area contributed by atoms with Gasteiger partial charge in [0, 0.05) is 28.5 Å². The smallest absolute Gasteiger partial charge is 0.281 e. The Morgan fingerprint density at radius 2 is 2.15 bits per heavy atom. The molecule has 2 N–H and O–H groups in total. The van der Waals surface area contributed by atoms with Gasteiger partial charge >= 0.3 is 0 Å². The summed E-state index contributed by atoms with van der Waals surface area (Å²) >= 11 is 1.82. The number of aryl methyl sites for hydroxylation is 1. The Hall–Kier alpha value is -2.44. The number of benzene rings is 1. The van der Waals surface area contributed by atoms with Gasteiger partial charge in [0.25, 0.3) is 5.91 Å². The largest absolute Gasteiger partial charge is 0.338 e. The summed E-state index contributed by atoms with van der Waals surface area (Å²) in [6.45, 7) is 5.64. The molecule has 1 aliphatic heterocycles. The Kier molecular flexibility index (Phi) is 4.61. The zero-order valence-electron chi connectivity index (χ0n) is 14.9. The van der Waals surface area contributed by atoms with Gasteiger partial charge in [-0.1, -0.05) is 35.0 Å². The quantitative estimate of drug-likeness (QED) is 0.744. The SMILES string of the molecule is Cc1ccc(-c2cc(NC(=O)C[NH+]3CCc4sccc4[C@H]3C)on2)cc1. The molecule has 2 aromatic heterocycles. The van der Waals surface area contributed by atoms with Crippen molar-refractivity contribution in [3.05, 3.63) is 57.8 Å². The van der Waals surface area contributed by atoms with Gasteiger partial charge in [0.05, 0.1) is 6.54 Å². The third-order valence-electron chi connectivity index (χ3n) is 5.04. The number of aromatic nitrogens is 1. The number of carbonyl (C=O) groups is 1. The standard InChI is InChI=1S/C20H21N3O2S/c1-13-3-5-15(6-4-13)17-11-20(25-22-17)21-19(24)12-23-9-7-18-16(14(23)2)8-10-26-18/h3-6,8,10-11,14H,7,9,12H2,1-2H3,(H,21,24)/p+1/t14-/m1/s1. The van der Waals surface area contributed by atoms with Gasteiger partial charge in [-0.05, 0) is 25.3 Å². The summed E-state index contributed by atoms with van der Waals surface area (Å²) in [6.07, 6.45) is 1.04. The van der Waals surface area contributed by atoms with Crippen LogP contribution in [0, 0.1) is 6.92 Å². The molecule has 0 spiro atoms. The first-order valence-corrected chi connectivity index (χ1v) is 9.72. The van der Waals surface area contributed by atoms with Crippen LogP contribution in [0.3, 0.4) is 0 Å². The highest BCUT2D eigenvalue weighted by atomic mass is 32.1. The fourth-order valence-electron chi connectivity index (χ4n) is 3.47. The second kappa shape index (κ2) is 7.05. The van der Waals surface area contributed by atoms with Crippen LogP contribution in [0.15, 0.2) is 46.3 Å². The number of nitrogens with zero attached hydrogens (tertiary/aromatic N) is 1. The highest BCUT2D eigenvalue weighted by molar-refractivity contribution is 7.10. The van der Waals surface area contributed by atoms with Crippen molar-refractivity contribution in [2.24, 2.45) is 0 Å². The molecule has 6 heteroatoms. The van der Waals surface area contributed by atoms with Crippen LogP contribution >= 0.6 is 11.3 Å². The van der Waals surface area contributed by atoms with Crippen molar-refractivity contribution in [2.45, 2.75) is 26.3 Å². The third kappa shape index (κ3) is 3.43. The highest BCUT2D eigenvalue weighted by Gasteiger charge is 2.29. The maximum atomic E-state index is 12.4. The second-order valence-electron chi connectivity index (χ2n) is 6.85. The van der Waals surface area contributed by atoms with Crippen LogP contribution in [0.2, 0.25) is 0 Å². The van der Waals surface area contributed by atoms with E-state index in [0.717, 1.165) is 24.2 Å². The molecule has 1 aliphatic rings. The van der Waals surface area contributed by atoms with E-state index in [1.807, 2.05) is 42.5 Å². The van der Waals surface area contributed by atoms with E-state index >= 15 is 0 Å². The predicted octanol–water partition coefficient (Wildman–Crippen LogP) is 2.85. The summed E-state index contributed by atoms with van der Waals surface area (Å²) in [6, 6.07) is 12.4. The van der Waals surface area contributed by atoms with Crippen LogP contribution in [0.1, 0.15) is 29.0 Å². The van der Waals surface area contributed by atoms with E-state index in [1.54, 1.807) is 6.07 Å². The number of hydrogen-bond acceptors (Lipinski definition) is 4. The Bertz CT molecular complexity index is 913. The van der Waals surface area contributed by atoms with Gasteiger partial charge in [0.15, 0.2) is 6.54 Å². The number of amides is 1. The Labute approximate surface area is 156 Å². The van der Waals surface area contributed by atoms with Crippen molar-refractivity contribution < 1.29 is 14.2 Å². The number of fused-ring (bicyclic) bond motifs is 1. The number of rotatable bonds is 4. The molecule has 1 unspecified atom stereocenters. The maximum absolute atomic E-state index is 12.4. The molecule has 5 nitrogen and oxygen atoms in total. The van der Waals surface area contributed by atoms with E-state index in [2.05, 4.69) is 28.8 Å². The topological polar surface area (TPSA) is 59.6 Å². The lowest BCUT2D eigenvalue weighted by Crippen LogP contribution is -3.14. The number of thiophene rings is 1. The zero-order chi connectivity index (χ0) is 18.1. The van der Waals surface area contributed by atoms with Crippen molar-refractivity contribution in [1.29, 1.82) is 0 Å². The van der Waals surface area contributed by atoms with Crippen LogP contribution < -0.4 is 10.2 Å². The molecule has 4 rings (SSSR count). The summed E-state index contributed by atoms with van der Waals surface area (Å²) in [5.74, 6) is 0.350. The van der Waals surface area contributed by atoms with Gasteiger partial charge in [0.1, 0.15) is 11.7 Å². The van der Waals surface area contributed by atoms with Gasteiger partial charge < -0.3 is 9.42 Å². The molecular weight excluding hydrogens is 346 g/mol. The first-order valence-electron chi connectivity index (χ1n) is 8.84. The van der Waals surface area contributed by atoms with E-state index in [1.165, 1.54) is 20.9 Å². The average molecular weight is 368 g/mol. The number of quaternary nitrogens is 1. The van der Waals surface area contributed by atoms with Crippen LogP contribution in [0.5, 0.6) is 0 Å². The van der Waals surface area contributed by atoms with Gasteiger partial charge in [-0.2, -0.15) is 0 Å². The Morgan fingerprint density at radius 1 is 1.35 bits per heavy atom. The number of anilines is 1. The predicted molar refractivity (Wildman–Crippen MR) is 102 cm³/mol. The van der Waals surface area contributed by atoms with Crippen LogP contribution in [0.25, 0.3) is 11.3 Å². The third-order valence-corrected chi connectivity index (χ3v) is 6.04. The molecule has 2 atom stereocenters. The molecule has 0 aliphatic carbocycles. The maximum Gasteiger partial charge on any atom is 0.281 e. The van der Waals surface area contributed by atoms with Gasteiger partial charge in [-0.15, -0.1) is 11.3 Å². The first-order chi connectivity index (χ1) is 12.6. The van der Waals surface area contributed by atoms with Gasteiger partial charge in [-0.3, -0.25) is 10.1 Å². The first kappa shape index (κ1) is 17.0. The summed E-state index contributed by atoms with van der Waals surface area (Å²) in [7, 11) is 0. The van der Waals surface area contributed by atoms with E-state index in [4.69, 9.17) is 4.52 Å². The molecule has 0 bridgehead atoms. The van der Waals surface area contributed by atoms with Crippen LogP contribution in [-0.4, -0.2) is 24.2 Å². The minimum Gasteiger partial charge on any atom is -0.338 e. The average Bonchev–Trinajstić information content (AvgIpc) is 3.28. The van der Waals surface area contributed by atoms with E-state index in [-0.39, 0.29) is 5.91 Å². The molecule has 0 radical (unpaired) electrons. The normalized spacial score (nSPS) is 19.2. The van der Waals surface area contributed by atoms with Crippen molar-refractivity contribution >= 4 is 23.1 Å².